The van der Waals surface area contributed by atoms with E-state index in [0.29, 0.717) is 25.5 Å². The summed E-state index contributed by atoms with van der Waals surface area (Å²) < 4.78 is 14.7. The number of thiophene rings is 1. The first kappa shape index (κ1) is 18.6. The van der Waals surface area contributed by atoms with Crippen molar-refractivity contribution in [1.29, 1.82) is 0 Å². The third-order valence-corrected chi connectivity index (χ3v) is 6.25. The summed E-state index contributed by atoms with van der Waals surface area (Å²) in [5.74, 6) is 0.583. The number of amides is 1. The number of aromatic amines is 1. The average molecular weight is 400 g/mol. The number of halogens is 1. The van der Waals surface area contributed by atoms with E-state index in [-0.39, 0.29) is 23.3 Å². The molecular weight excluding hydrogens is 379 g/mol. The second-order valence-electron chi connectivity index (χ2n) is 7.10. The van der Waals surface area contributed by atoms with E-state index in [0.717, 1.165) is 28.8 Å². The van der Waals surface area contributed by atoms with Gasteiger partial charge in [-0.3, -0.25) is 9.36 Å². The highest BCUT2D eigenvalue weighted by Crippen LogP contribution is 2.28. The molecule has 0 bridgehead atoms. The van der Waals surface area contributed by atoms with Gasteiger partial charge in [-0.15, -0.1) is 11.3 Å². The highest BCUT2D eigenvalue weighted by atomic mass is 32.1. The second kappa shape index (κ2) is 7.71. The summed E-state index contributed by atoms with van der Waals surface area (Å²) in [4.78, 5) is 27.6. The zero-order valence-corrected chi connectivity index (χ0v) is 16.3. The van der Waals surface area contributed by atoms with Gasteiger partial charge >= 0.3 is 5.69 Å². The van der Waals surface area contributed by atoms with Crippen molar-refractivity contribution in [3.05, 3.63) is 73.8 Å². The third kappa shape index (κ3) is 3.64. The Morgan fingerprint density at radius 1 is 1.25 bits per heavy atom. The molecule has 1 N–H and O–H groups in total. The van der Waals surface area contributed by atoms with Gasteiger partial charge in [0.1, 0.15) is 11.6 Å². The molecule has 0 aliphatic carbocycles. The molecule has 1 aliphatic rings. The van der Waals surface area contributed by atoms with Crippen LogP contribution >= 0.6 is 11.3 Å². The Bertz CT molecular complexity index is 1030. The van der Waals surface area contributed by atoms with E-state index in [1.807, 2.05) is 23.3 Å². The lowest BCUT2D eigenvalue weighted by molar-refractivity contribution is 0.0714. The first-order valence-corrected chi connectivity index (χ1v) is 10.1. The van der Waals surface area contributed by atoms with Gasteiger partial charge in [0, 0.05) is 19.0 Å². The van der Waals surface area contributed by atoms with Crippen LogP contribution in [0.3, 0.4) is 0 Å². The fraction of sp³-hybridized carbons (Fsp3) is 0.350. The Kier molecular flexibility index (Phi) is 5.13. The van der Waals surface area contributed by atoms with E-state index >= 15 is 0 Å². The maximum absolute atomic E-state index is 13.1. The minimum absolute atomic E-state index is 0.0803. The predicted octanol–water partition coefficient (Wildman–Crippen LogP) is 3.15. The van der Waals surface area contributed by atoms with Crippen LogP contribution in [0.4, 0.5) is 4.39 Å². The SMILES string of the molecule is Cc1ccsc1C(=O)N1CCC(c2n[nH]c(=O)n2Cc2ccc(F)cc2)CC1. The van der Waals surface area contributed by atoms with Crippen molar-refractivity contribution in [2.24, 2.45) is 0 Å². The summed E-state index contributed by atoms with van der Waals surface area (Å²) in [7, 11) is 0. The van der Waals surface area contributed by atoms with Crippen molar-refractivity contribution in [3.63, 3.8) is 0 Å². The monoisotopic (exact) mass is 400 g/mol. The molecule has 1 aliphatic heterocycles. The number of hydrogen-bond acceptors (Lipinski definition) is 4. The summed E-state index contributed by atoms with van der Waals surface area (Å²) in [6.45, 7) is 3.57. The van der Waals surface area contributed by atoms with Crippen LogP contribution < -0.4 is 5.69 Å². The number of piperidine rings is 1. The number of likely N-dealkylation sites (tertiary alicyclic amines) is 1. The van der Waals surface area contributed by atoms with E-state index in [1.165, 1.54) is 23.5 Å². The van der Waals surface area contributed by atoms with Crippen LogP contribution in [-0.2, 0) is 6.54 Å². The number of nitrogens with one attached hydrogen (secondary N) is 1. The summed E-state index contributed by atoms with van der Waals surface area (Å²) in [5.41, 5.74) is 1.58. The highest BCUT2D eigenvalue weighted by Gasteiger charge is 2.29. The quantitative estimate of drug-likeness (QED) is 0.731. The number of aromatic nitrogens is 3. The molecule has 8 heteroatoms. The van der Waals surface area contributed by atoms with E-state index < -0.39 is 0 Å². The lowest BCUT2D eigenvalue weighted by Crippen LogP contribution is -2.38. The maximum Gasteiger partial charge on any atom is 0.343 e. The largest absolute Gasteiger partial charge is 0.343 e. The van der Waals surface area contributed by atoms with Crippen LogP contribution in [0.5, 0.6) is 0 Å². The van der Waals surface area contributed by atoms with Crippen molar-refractivity contribution in [3.8, 4) is 0 Å². The zero-order chi connectivity index (χ0) is 19.7. The molecule has 1 amide bonds. The van der Waals surface area contributed by atoms with Gasteiger partial charge in [-0.05, 0) is 54.5 Å². The van der Waals surface area contributed by atoms with Gasteiger partial charge in [0.05, 0.1) is 11.4 Å². The Morgan fingerprint density at radius 2 is 1.96 bits per heavy atom. The molecule has 28 heavy (non-hydrogen) atoms. The van der Waals surface area contributed by atoms with Crippen LogP contribution in [0.15, 0.2) is 40.5 Å². The van der Waals surface area contributed by atoms with E-state index in [1.54, 1.807) is 16.7 Å². The Balaban J connectivity index is 1.46. The number of rotatable bonds is 4. The van der Waals surface area contributed by atoms with E-state index in [9.17, 15) is 14.0 Å². The molecule has 3 heterocycles. The smallest absolute Gasteiger partial charge is 0.338 e. The number of H-pyrrole nitrogens is 1. The number of nitrogens with zero attached hydrogens (tertiary/aromatic N) is 3. The van der Waals surface area contributed by atoms with Crippen molar-refractivity contribution in [1.82, 2.24) is 19.7 Å². The molecular formula is C20H21FN4O2S. The molecule has 3 aromatic rings. The average Bonchev–Trinajstić information content (AvgIpc) is 3.29. The number of carbonyl (C=O) groups is 1. The summed E-state index contributed by atoms with van der Waals surface area (Å²) in [6.07, 6.45) is 1.51. The van der Waals surface area contributed by atoms with Crippen LogP contribution in [0.25, 0.3) is 0 Å². The standard InChI is InChI=1S/C20H21FN4O2S/c1-13-8-11-28-17(13)19(26)24-9-6-15(7-10-24)18-22-23-20(27)25(18)12-14-2-4-16(21)5-3-14/h2-5,8,11,15H,6-7,9-10,12H2,1H3,(H,23,27). The molecule has 0 atom stereocenters. The molecule has 0 spiro atoms. The first-order valence-electron chi connectivity index (χ1n) is 9.26. The minimum atomic E-state index is -0.304. The van der Waals surface area contributed by atoms with Crippen LogP contribution in [0.2, 0.25) is 0 Å². The van der Waals surface area contributed by atoms with Crippen LogP contribution in [0, 0.1) is 12.7 Å². The molecule has 1 fully saturated rings. The number of benzene rings is 1. The molecule has 0 radical (unpaired) electrons. The fourth-order valence-electron chi connectivity index (χ4n) is 3.64. The Labute approximate surface area is 165 Å². The van der Waals surface area contributed by atoms with Gasteiger partial charge in [-0.1, -0.05) is 12.1 Å². The number of aryl methyl sites for hydroxylation is 1. The molecule has 146 valence electrons. The molecule has 1 saturated heterocycles. The number of carbonyl (C=O) groups excluding carboxylic acids is 1. The third-order valence-electron chi connectivity index (χ3n) is 5.25. The number of hydrogen-bond donors (Lipinski definition) is 1. The lowest BCUT2D eigenvalue weighted by atomic mass is 9.95. The van der Waals surface area contributed by atoms with Gasteiger partial charge < -0.3 is 4.90 Å². The normalized spacial score (nSPS) is 15.1. The van der Waals surface area contributed by atoms with Gasteiger partial charge in [-0.2, -0.15) is 5.10 Å². The molecule has 6 nitrogen and oxygen atoms in total. The first-order chi connectivity index (χ1) is 13.5. The zero-order valence-electron chi connectivity index (χ0n) is 15.5. The van der Waals surface area contributed by atoms with Crippen LogP contribution in [-0.4, -0.2) is 38.7 Å². The van der Waals surface area contributed by atoms with E-state index in [4.69, 9.17) is 0 Å². The van der Waals surface area contributed by atoms with Crippen molar-refractivity contribution in [2.75, 3.05) is 13.1 Å². The van der Waals surface area contributed by atoms with Crippen molar-refractivity contribution in [2.45, 2.75) is 32.2 Å². The Hall–Kier alpha value is -2.74. The molecule has 0 unspecified atom stereocenters. The lowest BCUT2D eigenvalue weighted by Gasteiger charge is -2.31. The molecule has 4 rings (SSSR count). The summed E-state index contributed by atoms with van der Waals surface area (Å²) in [6, 6.07) is 8.07. The van der Waals surface area contributed by atoms with Gasteiger partial charge in [-0.25, -0.2) is 14.3 Å². The van der Waals surface area contributed by atoms with E-state index in [2.05, 4.69) is 10.2 Å². The summed E-state index contributed by atoms with van der Waals surface area (Å²) >= 11 is 1.48. The van der Waals surface area contributed by atoms with Crippen molar-refractivity contribution >= 4 is 17.2 Å². The Morgan fingerprint density at radius 3 is 2.61 bits per heavy atom. The molecule has 1 aromatic carbocycles. The fourth-order valence-corrected chi connectivity index (χ4v) is 4.54. The summed E-state index contributed by atoms with van der Waals surface area (Å²) in [5, 5.41) is 8.71. The van der Waals surface area contributed by atoms with Gasteiger partial charge in [0.2, 0.25) is 0 Å². The molecule has 0 saturated carbocycles. The van der Waals surface area contributed by atoms with Crippen LogP contribution in [0.1, 0.15) is 45.4 Å². The molecule has 2 aromatic heterocycles. The second-order valence-corrected chi connectivity index (χ2v) is 8.01. The maximum atomic E-state index is 13.1. The van der Waals surface area contributed by atoms with Crippen molar-refractivity contribution < 1.29 is 9.18 Å². The highest BCUT2D eigenvalue weighted by molar-refractivity contribution is 7.12. The minimum Gasteiger partial charge on any atom is -0.338 e. The van der Waals surface area contributed by atoms with Gasteiger partial charge in [0.25, 0.3) is 5.91 Å². The topological polar surface area (TPSA) is 71.0 Å². The predicted molar refractivity (Wildman–Crippen MR) is 105 cm³/mol. The van der Waals surface area contributed by atoms with Gasteiger partial charge in [0.15, 0.2) is 0 Å².